The summed E-state index contributed by atoms with van der Waals surface area (Å²) in [6.45, 7) is 3.35. The van der Waals surface area contributed by atoms with Crippen molar-refractivity contribution in [3.8, 4) is 0 Å². The Balaban J connectivity index is 1.62. The lowest BCUT2D eigenvalue weighted by Gasteiger charge is -2.34. The quantitative estimate of drug-likeness (QED) is 0.720. The number of nitrogens with zero attached hydrogens (tertiary/aromatic N) is 2. The minimum atomic E-state index is -3.60. The van der Waals surface area contributed by atoms with Gasteiger partial charge in [0.05, 0.1) is 19.3 Å². The summed E-state index contributed by atoms with van der Waals surface area (Å²) in [6, 6.07) is 13.2. The molecule has 1 saturated heterocycles. The van der Waals surface area contributed by atoms with Gasteiger partial charge in [0.25, 0.3) is 10.2 Å². The van der Waals surface area contributed by atoms with E-state index in [-0.39, 0.29) is 19.1 Å². The lowest BCUT2D eigenvalue weighted by atomic mass is 10.1. The van der Waals surface area contributed by atoms with Gasteiger partial charge in [-0.1, -0.05) is 36.4 Å². The van der Waals surface area contributed by atoms with Crippen molar-refractivity contribution >= 4 is 10.2 Å². The maximum absolute atomic E-state index is 12.3. The van der Waals surface area contributed by atoms with Crippen LogP contribution in [0.3, 0.4) is 0 Å². The fourth-order valence-corrected chi connectivity index (χ4v) is 3.77. The highest BCUT2D eigenvalue weighted by Crippen LogP contribution is 2.20. The van der Waals surface area contributed by atoms with Gasteiger partial charge in [-0.05, 0) is 17.2 Å². The van der Waals surface area contributed by atoms with Gasteiger partial charge >= 0.3 is 0 Å². The van der Waals surface area contributed by atoms with Crippen LogP contribution in [0.2, 0.25) is 0 Å². The molecule has 1 atom stereocenters. The molecule has 1 aromatic carbocycles. The number of hydrogen-bond donors (Lipinski definition) is 2. The predicted octanol–water partition coefficient (Wildman–Crippen LogP) is 1.08. The number of hydrogen-bond acceptors (Lipinski definition) is 5. The highest BCUT2D eigenvalue weighted by atomic mass is 32.2. The van der Waals surface area contributed by atoms with Crippen LogP contribution in [0.5, 0.6) is 0 Å². The van der Waals surface area contributed by atoms with E-state index in [1.165, 1.54) is 0 Å². The molecule has 1 fully saturated rings. The summed E-state index contributed by atoms with van der Waals surface area (Å²) >= 11 is 0. The van der Waals surface area contributed by atoms with Crippen LogP contribution in [-0.2, 0) is 21.5 Å². The van der Waals surface area contributed by atoms with E-state index in [1.807, 2.05) is 42.5 Å². The monoisotopic (exact) mass is 376 g/mol. The van der Waals surface area contributed by atoms with Crippen molar-refractivity contribution < 1.29 is 13.2 Å². The molecule has 0 spiro atoms. The summed E-state index contributed by atoms with van der Waals surface area (Å²) in [5, 5.41) is 0. The summed E-state index contributed by atoms with van der Waals surface area (Å²) in [7, 11) is -3.60. The number of benzene rings is 1. The van der Waals surface area contributed by atoms with Gasteiger partial charge in [-0.15, -0.1) is 0 Å². The number of rotatable bonds is 8. The highest BCUT2D eigenvalue weighted by Gasteiger charge is 2.24. The van der Waals surface area contributed by atoms with Crippen molar-refractivity contribution in [2.24, 2.45) is 0 Å². The van der Waals surface area contributed by atoms with Crippen LogP contribution in [-0.4, -0.2) is 51.1 Å². The van der Waals surface area contributed by atoms with Crippen molar-refractivity contribution in [2.45, 2.75) is 12.6 Å². The first kappa shape index (κ1) is 18.9. The molecule has 3 rings (SSSR count). The minimum absolute atomic E-state index is 0.0825. The molecule has 140 valence electrons. The van der Waals surface area contributed by atoms with Crippen molar-refractivity contribution in [1.29, 1.82) is 0 Å². The van der Waals surface area contributed by atoms with Crippen LogP contribution < -0.4 is 9.44 Å². The minimum Gasteiger partial charge on any atom is -0.379 e. The summed E-state index contributed by atoms with van der Waals surface area (Å²) in [4.78, 5) is 6.39. The largest absolute Gasteiger partial charge is 0.379 e. The number of aromatic nitrogens is 1. The Morgan fingerprint density at radius 2 is 1.85 bits per heavy atom. The second kappa shape index (κ2) is 9.20. The molecule has 1 unspecified atom stereocenters. The molecule has 8 heteroatoms. The first-order chi connectivity index (χ1) is 12.6. The van der Waals surface area contributed by atoms with E-state index in [1.54, 1.807) is 12.4 Å². The summed E-state index contributed by atoms with van der Waals surface area (Å²) < 4.78 is 35.4. The average Bonchev–Trinajstić information content (AvgIpc) is 2.69. The zero-order valence-corrected chi connectivity index (χ0v) is 15.4. The Hall–Kier alpha value is -1.84. The Morgan fingerprint density at radius 3 is 2.54 bits per heavy atom. The molecule has 0 aliphatic carbocycles. The molecule has 2 N–H and O–H groups in total. The van der Waals surface area contributed by atoms with Gasteiger partial charge in [-0.2, -0.15) is 13.1 Å². The van der Waals surface area contributed by atoms with E-state index in [2.05, 4.69) is 19.3 Å². The zero-order chi connectivity index (χ0) is 18.2. The predicted molar refractivity (Wildman–Crippen MR) is 99.6 cm³/mol. The van der Waals surface area contributed by atoms with E-state index in [4.69, 9.17) is 4.74 Å². The van der Waals surface area contributed by atoms with Crippen LogP contribution >= 0.6 is 0 Å². The molecule has 0 radical (unpaired) electrons. The molecule has 26 heavy (non-hydrogen) atoms. The van der Waals surface area contributed by atoms with Crippen molar-refractivity contribution in [3.63, 3.8) is 0 Å². The van der Waals surface area contributed by atoms with Gasteiger partial charge in [0, 0.05) is 38.6 Å². The van der Waals surface area contributed by atoms with E-state index >= 15 is 0 Å². The topological polar surface area (TPSA) is 83.6 Å². The van der Waals surface area contributed by atoms with Crippen LogP contribution in [0.15, 0.2) is 54.9 Å². The molecule has 0 amide bonds. The Kier molecular flexibility index (Phi) is 6.70. The molecule has 7 nitrogen and oxygen atoms in total. The van der Waals surface area contributed by atoms with Gasteiger partial charge in [-0.25, -0.2) is 4.72 Å². The van der Waals surface area contributed by atoms with Crippen LogP contribution in [0.4, 0.5) is 0 Å². The summed E-state index contributed by atoms with van der Waals surface area (Å²) in [5.41, 5.74) is 1.90. The Bertz CT molecular complexity index is 766. The molecular weight excluding hydrogens is 352 g/mol. The second-order valence-electron chi connectivity index (χ2n) is 6.11. The smallest absolute Gasteiger partial charge is 0.277 e. The zero-order valence-electron chi connectivity index (χ0n) is 14.5. The van der Waals surface area contributed by atoms with E-state index < -0.39 is 10.2 Å². The van der Waals surface area contributed by atoms with Crippen molar-refractivity contribution in [1.82, 2.24) is 19.3 Å². The highest BCUT2D eigenvalue weighted by molar-refractivity contribution is 7.87. The first-order valence-corrected chi connectivity index (χ1v) is 10.1. The molecule has 0 saturated carbocycles. The second-order valence-corrected chi connectivity index (χ2v) is 7.69. The van der Waals surface area contributed by atoms with Gasteiger partial charge in [0.15, 0.2) is 0 Å². The lowest BCUT2D eigenvalue weighted by Crippen LogP contribution is -2.45. The third-order valence-corrected chi connectivity index (χ3v) is 5.40. The van der Waals surface area contributed by atoms with Gasteiger partial charge in [0.2, 0.25) is 0 Å². The summed E-state index contributed by atoms with van der Waals surface area (Å²) in [6.07, 6.45) is 3.50. The Labute approximate surface area is 154 Å². The molecule has 1 aliphatic heterocycles. The van der Waals surface area contributed by atoms with Gasteiger partial charge in [0.1, 0.15) is 0 Å². The molecule has 0 bridgehead atoms. The lowest BCUT2D eigenvalue weighted by molar-refractivity contribution is 0.0171. The fourth-order valence-electron chi connectivity index (χ4n) is 2.93. The van der Waals surface area contributed by atoms with E-state index in [9.17, 15) is 8.42 Å². The average molecular weight is 376 g/mol. The summed E-state index contributed by atoms with van der Waals surface area (Å²) in [5.74, 6) is 0. The SMILES string of the molecule is O=S(=O)(NCc1ccccc1)NCC(c1cccnc1)N1CCOCC1. The van der Waals surface area contributed by atoms with Crippen molar-refractivity contribution in [3.05, 3.63) is 66.0 Å². The fraction of sp³-hybridized carbons (Fsp3) is 0.389. The molecule has 1 aliphatic rings. The number of pyridine rings is 1. The molecule has 1 aromatic heterocycles. The van der Waals surface area contributed by atoms with E-state index in [0.717, 1.165) is 24.2 Å². The van der Waals surface area contributed by atoms with Crippen LogP contribution in [0, 0.1) is 0 Å². The number of nitrogens with one attached hydrogen (secondary N) is 2. The van der Waals surface area contributed by atoms with Gasteiger partial charge < -0.3 is 4.74 Å². The third kappa shape index (κ3) is 5.58. The normalized spacial score (nSPS) is 17.1. The van der Waals surface area contributed by atoms with Crippen LogP contribution in [0.25, 0.3) is 0 Å². The number of ether oxygens (including phenoxy) is 1. The van der Waals surface area contributed by atoms with Crippen LogP contribution in [0.1, 0.15) is 17.2 Å². The number of morpholine rings is 1. The molecule has 2 heterocycles. The molecule has 2 aromatic rings. The first-order valence-electron chi connectivity index (χ1n) is 8.64. The van der Waals surface area contributed by atoms with Gasteiger partial charge in [-0.3, -0.25) is 9.88 Å². The Morgan fingerprint density at radius 1 is 1.08 bits per heavy atom. The standard InChI is InChI=1S/C18H24N4O3S/c23-26(24,20-13-16-5-2-1-3-6-16)21-15-18(17-7-4-8-19-14-17)22-9-11-25-12-10-22/h1-8,14,18,20-21H,9-13,15H2. The molecular formula is C18H24N4O3S. The van der Waals surface area contributed by atoms with E-state index in [0.29, 0.717) is 13.2 Å². The third-order valence-electron chi connectivity index (χ3n) is 4.33. The maximum atomic E-state index is 12.3. The van der Waals surface area contributed by atoms with Crippen molar-refractivity contribution in [2.75, 3.05) is 32.8 Å². The maximum Gasteiger partial charge on any atom is 0.277 e.